The zero-order valence-corrected chi connectivity index (χ0v) is 11.9. The Balaban J connectivity index is 1.79. The van der Waals surface area contributed by atoms with Crippen LogP contribution in [-0.2, 0) is 4.79 Å². The van der Waals surface area contributed by atoms with E-state index in [1.807, 2.05) is 30.3 Å². The van der Waals surface area contributed by atoms with Crippen molar-refractivity contribution in [2.45, 2.75) is 44.2 Å². The standard InChI is InChI=1S/C16H20N2O3/c19-15(20)14-10-11-6-4-5-9-13(11)18(14)16(21)17-12-7-2-1-3-8-12/h1-3,7-8,11,13-14H,4-6,9-10H2,(H,17,21)(H,19,20)/t11-,13+,14-/m0/s1. The van der Waals surface area contributed by atoms with Crippen LogP contribution in [0.5, 0.6) is 0 Å². The third kappa shape index (κ3) is 2.73. The molecule has 2 amide bonds. The number of fused-ring (bicyclic) bond motifs is 1. The van der Waals surface area contributed by atoms with Gasteiger partial charge in [-0.05, 0) is 37.3 Å². The third-order valence-corrected chi connectivity index (χ3v) is 4.63. The van der Waals surface area contributed by atoms with Crippen molar-refractivity contribution >= 4 is 17.7 Å². The van der Waals surface area contributed by atoms with Gasteiger partial charge in [0.25, 0.3) is 0 Å². The van der Waals surface area contributed by atoms with E-state index in [0.29, 0.717) is 18.0 Å². The van der Waals surface area contributed by atoms with Gasteiger partial charge in [-0.25, -0.2) is 9.59 Å². The Morgan fingerprint density at radius 2 is 1.86 bits per heavy atom. The number of anilines is 1. The van der Waals surface area contributed by atoms with Gasteiger partial charge in [0.2, 0.25) is 0 Å². The van der Waals surface area contributed by atoms with E-state index in [0.717, 1.165) is 25.7 Å². The third-order valence-electron chi connectivity index (χ3n) is 4.63. The molecule has 1 aromatic rings. The lowest BCUT2D eigenvalue weighted by molar-refractivity contribution is -0.141. The molecule has 0 unspecified atom stereocenters. The summed E-state index contributed by atoms with van der Waals surface area (Å²) >= 11 is 0. The Morgan fingerprint density at radius 1 is 1.14 bits per heavy atom. The van der Waals surface area contributed by atoms with Crippen LogP contribution in [0.4, 0.5) is 10.5 Å². The monoisotopic (exact) mass is 288 g/mol. The minimum Gasteiger partial charge on any atom is -0.480 e. The van der Waals surface area contributed by atoms with Gasteiger partial charge in [0.05, 0.1) is 0 Å². The summed E-state index contributed by atoms with van der Waals surface area (Å²) < 4.78 is 0. The second-order valence-electron chi connectivity index (χ2n) is 5.91. The lowest BCUT2D eigenvalue weighted by Gasteiger charge is -2.32. The Morgan fingerprint density at radius 3 is 2.57 bits per heavy atom. The summed E-state index contributed by atoms with van der Waals surface area (Å²) in [5.74, 6) is -0.561. The number of benzene rings is 1. The van der Waals surface area contributed by atoms with Crippen LogP contribution >= 0.6 is 0 Å². The topological polar surface area (TPSA) is 69.6 Å². The van der Waals surface area contributed by atoms with Crippen LogP contribution < -0.4 is 5.32 Å². The highest BCUT2D eigenvalue weighted by atomic mass is 16.4. The summed E-state index contributed by atoms with van der Waals surface area (Å²) in [7, 11) is 0. The SMILES string of the molecule is O=C(O)[C@@H]1C[C@@H]2CCCC[C@H]2N1C(=O)Nc1ccccc1. The molecule has 1 saturated heterocycles. The molecule has 0 aromatic heterocycles. The van der Waals surface area contributed by atoms with Gasteiger partial charge in [0.15, 0.2) is 0 Å². The molecule has 1 saturated carbocycles. The fourth-order valence-corrected chi connectivity index (χ4v) is 3.68. The van der Waals surface area contributed by atoms with E-state index in [4.69, 9.17) is 0 Å². The Labute approximate surface area is 123 Å². The van der Waals surface area contributed by atoms with Crippen LogP contribution in [0.25, 0.3) is 0 Å². The summed E-state index contributed by atoms with van der Waals surface area (Å²) in [5, 5.41) is 12.2. The average molecular weight is 288 g/mol. The van der Waals surface area contributed by atoms with Gasteiger partial charge in [-0.3, -0.25) is 0 Å². The van der Waals surface area contributed by atoms with E-state index in [-0.39, 0.29) is 12.1 Å². The second kappa shape index (κ2) is 5.76. The molecule has 5 nitrogen and oxygen atoms in total. The fraction of sp³-hybridized carbons (Fsp3) is 0.500. The van der Waals surface area contributed by atoms with Crippen LogP contribution in [0, 0.1) is 5.92 Å². The molecule has 2 fully saturated rings. The molecule has 1 aliphatic heterocycles. The molecular formula is C16H20N2O3. The summed E-state index contributed by atoms with van der Waals surface area (Å²) in [6.07, 6.45) is 4.74. The molecule has 2 N–H and O–H groups in total. The van der Waals surface area contributed by atoms with Crippen LogP contribution in [0.15, 0.2) is 30.3 Å². The van der Waals surface area contributed by atoms with Gasteiger partial charge in [0, 0.05) is 11.7 Å². The van der Waals surface area contributed by atoms with Gasteiger partial charge < -0.3 is 15.3 Å². The molecule has 21 heavy (non-hydrogen) atoms. The van der Waals surface area contributed by atoms with Crippen molar-refractivity contribution in [2.75, 3.05) is 5.32 Å². The Kier molecular flexibility index (Phi) is 3.82. The molecule has 0 bridgehead atoms. The Hall–Kier alpha value is -2.04. The van der Waals surface area contributed by atoms with E-state index in [9.17, 15) is 14.7 Å². The van der Waals surface area contributed by atoms with Gasteiger partial charge in [-0.2, -0.15) is 0 Å². The molecule has 1 aromatic carbocycles. The normalized spacial score (nSPS) is 28.0. The molecular weight excluding hydrogens is 268 g/mol. The number of nitrogens with one attached hydrogen (secondary N) is 1. The van der Waals surface area contributed by atoms with E-state index in [1.54, 1.807) is 4.90 Å². The highest BCUT2D eigenvalue weighted by Gasteiger charge is 2.47. The summed E-state index contributed by atoms with van der Waals surface area (Å²) in [4.78, 5) is 25.6. The maximum Gasteiger partial charge on any atom is 0.326 e. The number of carboxylic acid groups (broad SMARTS) is 1. The lowest BCUT2D eigenvalue weighted by Crippen LogP contribution is -2.48. The number of hydrogen-bond donors (Lipinski definition) is 2. The molecule has 2 aliphatic rings. The number of hydrogen-bond acceptors (Lipinski definition) is 2. The number of likely N-dealkylation sites (tertiary alicyclic amines) is 1. The van der Waals surface area contributed by atoms with Crippen molar-refractivity contribution in [1.29, 1.82) is 0 Å². The van der Waals surface area contributed by atoms with Gasteiger partial charge >= 0.3 is 12.0 Å². The van der Waals surface area contributed by atoms with Crippen molar-refractivity contribution in [3.05, 3.63) is 30.3 Å². The van der Waals surface area contributed by atoms with E-state index < -0.39 is 12.0 Å². The van der Waals surface area contributed by atoms with Crippen molar-refractivity contribution in [3.63, 3.8) is 0 Å². The van der Waals surface area contributed by atoms with Gasteiger partial charge in [-0.1, -0.05) is 31.0 Å². The van der Waals surface area contributed by atoms with E-state index in [2.05, 4.69) is 5.32 Å². The number of amides is 2. The molecule has 3 rings (SSSR count). The van der Waals surface area contributed by atoms with Crippen molar-refractivity contribution in [3.8, 4) is 0 Å². The van der Waals surface area contributed by atoms with Gasteiger partial charge in [-0.15, -0.1) is 0 Å². The number of nitrogens with zero attached hydrogens (tertiary/aromatic N) is 1. The van der Waals surface area contributed by atoms with E-state index >= 15 is 0 Å². The van der Waals surface area contributed by atoms with E-state index in [1.165, 1.54) is 0 Å². The summed E-state index contributed by atoms with van der Waals surface area (Å²) in [6.45, 7) is 0. The zero-order chi connectivity index (χ0) is 14.8. The van der Waals surface area contributed by atoms with Crippen LogP contribution in [-0.4, -0.2) is 34.1 Å². The lowest BCUT2D eigenvalue weighted by atomic mass is 9.85. The first-order valence-corrected chi connectivity index (χ1v) is 7.54. The molecule has 0 spiro atoms. The van der Waals surface area contributed by atoms with Crippen molar-refractivity contribution in [1.82, 2.24) is 4.90 Å². The maximum absolute atomic E-state index is 12.5. The number of carbonyl (C=O) groups excluding carboxylic acids is 1. The summed E-state index contributed by atoms with van der Waals surface area (Å²) in [6, 6.07) is 8.27. The predicted octanol–water partition coefficient (Wildman–Crippen LogP) is 2.94. The van der Waals surface area contributed by atoms with Crippen LogP contribution in [0.1, 0.15) is 32.1 Å². The number of carboxylic acids is 1. The van der Waals surface area contributed by atoms with Crippen LogP contribution in [0.2, 0.25) is 0 Å². The molecule has 1 heterocycles. The highest BCUT2D eigenvalue weighted by Crippen LogP contribution is 2.40. The molecule has 5 heteroatoms. The van der Waals surface area contributed by atoms with Crippen molar-refractivity contribution < 1.29 is 14.7 Å². The minimum absolute atomic E-state index is 0.0727. The number of para-hydroxylation sites is 1. The largest absolute Gasteiger partial charge is 0.480 e. The smallest absolute Gasteiger partial charge is 0.326 e. The first-order chi connectivity index (χ1) is 10.2. The quantitative estimate of drug-likeness (QED) is 0.879. The minimum atomic E-state index is -0.896. The summed E-state index contributed by atoms with van der Waals surface area (Å²) in [5.41, 5.74) is 0.700. The zero-order valence-electron chi connectivity index (χ0n) is 11.9. The van der Waals surface area contributed by atoms with Gasteiger partial charge in [0.1, 0.15) is 6.04 Å². The predicted molar refractivity (Wildman–Crippen MR) is 79.1 cm³/mol. The molecule has 112 valence electrons. The van der Waals surface area contributed by atoms with Crippen LogP contribution in [0.3, 0.4) is 0 Å². The number of rotatable bonds is 2. The molecule has 0 radical (unpaired) electrons. The first-order valence-electron chi connectivity index (χ1n) is 7.54. The fourth-order valence-electron chi connectivity index (χ4n) is 3.68. The maximum atomic E-state index is 12.5. The Bertz CT molecular complexity index is 532. The molecule has 3 atom stereocenters. The highest BCUT2D eigenvalue weighted by molar-refractivity contribution is 5.93. The first kappa shape index (κ1) is 13.9. The number of urea groups is 1. The second-order valence-corrected chi connectivity index (χ2v) is 5.91. The average Bonchev–Trinajstić information content (AvgIpc) is 2.88. The molecule has 1 aliphatic carbocycles. The van der Waals surface area contributed by atoms with Crippen molar-refractivity contribution in [2.24, 2.45) is 5.92 Å². The number of carbonyl (C=O) groups is 2. The number of aliphatic carboxylic acids is 1.